The minimum Gasteiger partial charge on any atom is -0.100 e. The zero-order valence-corrected chi connectivity index (χ0v) is 10.7. The molecule has 0 aromatic rings. The van der Waals surface area contributed by atoms with Gasteiger partial charge in [0.2, 0.25) is 0 Å². The van der Waals surface area contributed by atoms with Gasteiger partial charge in [-0.3, -0.25) is 0 Å². The second-order valence-corrected chi connectivity index (χ2v) is 5.70. The molecule has 0 unspecified atom stereocenters. The van der Waals surface area contributed by atoms with Crippen molar-refractivity contribution in [2.75, 3.05) is 0 Å². The monoisotopic (exact) mass is 206 g/mol. The molecular weight excluding hydrogens is 180 g/mol. The Labute approximate surface area is 95.5 Å². The van der Waals surface area contributed by atoms with Crippen molar-refractivity contribution in [3.05, 3.63) is 24.3 Å². The summed E-state index contributed by atoms with van der Waals surface area (Å²) in [5, 5.41) is 0. The maximum Gasteiger partial charge on any atom is -0.00903 e. The van der Waals surface area contributed by atoms with Crippen molar-refractivity contribution >= 4 is 0 Å². The molecule has 0 atom stereocenters. The van der Waals surface area contributed by atoms with Gasteiger partial charge in [-0.1, -0.05) is 24.6 Å². The Balaban J connectivity index is 2.63. The predicted molar refractivity (Wildman–Crippen MR) is 68.9 cm³/mol. The lowest BCUT2D eigenvalue weighted by atomic mass is 9.65. The maximum atomic E-state index is 4.22. The number of allylic oxidation sites excluding steroid dienone is 2. The quantitative estimate of drug-likeness (QED) is 0.560. The third-order valence-electron chi connectivity index (χ3n) is 4.17. The van der Waals surface area contributed by atoms with E-state index in [1.54, 1.807) is 0 Å². The molecule has 1 aliphatic carbocycles. The topological polar surface area (TPSA) is 0 Å². The van der Waals surface area contributed by atoms with E-state index in [9.17, 15) is 0 Å². The molecule has 1 rings (SSSR count). The first-order valence-corrected chi connectivity index (χ1v) is 6.27. The molecule has 0 saturated heterocycles. The van der Waals surface area contributed by atoms with Crippen LogP contribution in [0, 0.1) is 11.3 Å². The van der Waals surface area contributed by atoms with Crippen LogP contribution in [0.4, 0.5) is 0 Å². The summed E-state index contributed by atoms with van der Waals surface area (Å²) in [5.74, 6) is 0.919. The highest BCUT2D eigenvalue weighted by Gasteiger charge is 2.34. The summed E-state index contributed by atoms with van der Waals surface area (Å²) < 4.78 is 0. The first-order valence-electron chi connectivity index (χ1n) is 6.27. The lowest BCUT2D eigenvalue weighted by Gasteiger charge is -2.40. The van der Waals surface area contributed by atoms with Crippen LogP contribution in [0.15, 0.2) is 24.3 Å². The summed E-state index contributed by atoms with van der Waals surface area (Å²) in [5.41, 5.74) is 3.15. The van der Waals surface area contributed by atoms with Crippen molar-refractivity contribution in [3.8, 4) is 0 Å². The van der Waals surface area contributed by atoms with E-state index in [0.29, 0.717) is 5.41 Å². The first kappa shape index (κ1) is 12.5. The summed E-state index contributed by atoms with van der Waals surface area (Å²) in [6.07, 6.45) is 7.88. The van der Waals surface area contributed by atoms with Crippen LogP contribution in [-0.2, 0) is 0 Å². The highest BCUT2D eigenvalue weighted by molar-refractivity contribution is 5.10. The predicted octanol–water partition coefficient (Wildman–Crippen LogP) is 5.12. The molecule has 1 saturated carbocycles. The fraction of sp³-hybridized carbons (Fsp3) is 0.733. The molecule has 0 N–H and O–H groups in total. The molecule has 0 radical (unpaired) electrons. The van der Waals surface area contributed by atoms with E-state index in [0.717, 1.165) is 5.92 Å². The number of hydrogen-bond donors (Lipinski definition) is 0. The molecule has 0 aromatic carbocycles. The summed E-state index contributed by atoms with van der Waals surface area (Å²) in [6, 6.07) is 0. The highest BCUT2D eigenvalue weighted by atomic mass is 14.4. The molecule has 1 aliphatic rings. The Morgan fingerprint density at radius 2 is 1.73 bits per heavy atom. The van der Waals surface area contributed by atoms with Crippen molar-refractivity contribution in [2.24, 2.45) is 11.3 Å². The van der Waals surface area contributed by atoms with Crippen molar-refractivity contribution in [3.63, 3.8) is 0 Å². The average Bonchev–Trinajstić information content (AvgIpc) is 2.17. The maximum absolute atomic E-state index is 4.22. The van der Waals surface area contributed by atoms with Crippen LogP contribution in [0.5, 0.6) is 0 Å². The Bertz CT molecular complexity index is 239. The van der Waals surface area contributed by atoms with Gasteiger partial charge >= 0.3 is 0 Å². The summed E-state index contributed by atoms with van der Waals surface area (Å²) in [6.45, 7) is 15.0. The minimum absolute atomic E-state index is 0.436. The Morgan fingerprint density at radius 3 is 2.13 bits per heavy atom. The lowest BCUT2D eigenvalue weighted by Crippen LogP contribution is -2.27. The van der Waals surface area contributed by atoms with E-state index < -0.39 is 0 Å². The molecule has 0 spiro atoms. The van der Waals surface area contributed by atoms with Gasteiger partial charge in [-0.25, -0.2) is 0 Å². The van der Waals surface area contributed by atoms with Crippen LogP contribution in [-0.4, -0.2) is 0 Å². The molecule has 0 aliphatic heterocycles. The van der Waals surface area contributed by atoms with E-state index in [1.165, 1.54) is 49.7 Å². The van der Waals surface area contributed by atoms with Gasteiger partial charge in [0.05, 0.1) is 0 Å². The van der Waals surface area contributed by atoms with Gasteiger partial charge in [0.25, 0.3) is 0 Å². The zero-order valence-electron chi connectivity index (χ0n) is 10.7. The minimum atomic E-state index is 0.436. The SMILES string of the molecule is C=C(C)CCC1(C(=C)C)CCC(C)CC1. The van der Waals surface area contributed by atoms with Gasteiger partial charge in [-0.05, 0) is 63.7 Å². The molecule has 86 valence electrons. The fourth-order valence-electron chi connectivity index (χ4n) is 2.66. The average molecular weight is 206 g/mol. The first-order chi connectivity index (χ1) is 6.96. The van der Waals surface area contributed by atoms with E-state index in [1.807, 2.05) is 0 Å². The Hall–Kier alpha value is -0.520. The summed E-state index contributed by atoms with van der Waals surface area (Å²) >= 11 is 0. The van der Waals surface area contributed by atoms with Crippen LogP contribution in [0.2, 0.25) is 0 Å². The third-order valence-corrected chi connectivity index (χ3v) is 4.17. The molecule has 0 heteroatoms. The molecule has 1 fully saturated rings. The molecule has 0 amide bonds. The van der Waals surface area contributed by atoms with Gasteiger partial charge in [-0.15, -0.1) is 6.58 Å². The van der Waals surface area contributed by atoms with E-state index in [4.69, 9.17) is 0 Å². The van der Waals surface area contributed by atoms with E-state index in [2.05, 4.69) is 33.9 Å². The van der Waals surface area contributed by atoms with Crippen LogP contribution < -0.4 is 0 Å². The second-order valence-electron chi connectivity index (χ2n) is 5.70. The van der Waals surface area contributed by atoms with E-state index in [-0.39, 0.29) is 0 Å². The Morgan fingerprint density at radius 1 is 1.20 bits per heavy atom. The second kappa shape index (κ2) is 5.01. The van der Waals surface area contributed by atoms with Crippen molar-refractivity contribution < 1.29 is 0 Å². The third kappa shape index (κ3) is 3.22. The highest BCUT2D eigenvalue weighted by Crippen LogP contribution is 2.47. The smallest absolute Gasteiger partial charge is 0.00903 e. The molecular formula is C15H26. The molecule has 15 heavy (non-hydrogen) atoms. The Kier molecular flexibility index (Phi) is 4.19. The van der Waals surface area contributed by atoms with Gasteiger partial charge in [0, 0.05) is 0 Å². The van der Waals surface area contributed by atoms with Crippen LogP contribution in [0.25, 0.3) is 0 Å². The zero-order chi connectivity index (χ0) is 11.5. The number of rotatable bonds is 4. The molecule has 0 heterocycles. The lowest BCUT2D eigenvalue weighted by molar-refractivity contribution is 0.185. The van der Waals surface area contributed by atoms with Crippen LogP contribution in [0.1, 0.15) is 59.3 Å². The van der Waals surface area contributed by atoms with Crippen molar-refractivity contribution in [1.82, 2.24) is 0 Å². The molecule has 0 bridgehead atoms. The van der Waals surface area contributed by atoms with Crippen LogP contribution in [0.3, 0.4) is 0 Å². The largest absolute Gasteiger partial charge is 0.100 e. The van der Waals surface area contributed by atoms with Crippen LogP contribution >= 0.6 is 0 Å². The van der Waals surface area contributed by atoms with Crippen molar-refractivity contribution in [1.29, 1.82) is 0 Å². The summed E-state index contributed by atoms with van der Waals surface area (Å²) in [7, 11) is 0. The van der Waals surface area contributed by atoms with Crippen molar-refractivity contribution in [2.45, 2.75) is 59.3 Å². The van der Waals surface area contributed by atoms with E-state index >= 15 is 0 Å². The number of hydrogen-bond acceptors (Lipinski definition) is 0. The molecule has 0 aromatic heterocycles. The normalized spacial score (nSPS) is 31.3. The fourth-order valence-corrected chi connectivity index (χ4v) is 2.66. The van der Waals surface area contributed by atoms with Gasteiger partial charge in [-0.2, -0.15) is 0 Å². The summed E-state index contributed by atoms with van der Waals surface area (Å²) in [4.78, 5) is 0. The van der Waals surface area contributed by atoms with Gasteiger partial charge in [0.1, 0.15) is 0 Å². The molecule has 0 nitrogen and oxygen atoms in total. The standard InChI is InChI=1S/C15H26/c1-12(2)6-9-15(13(3)4)10-7-14(5)8-11-15/h14H,1,3,6-11H2,2,4-5H3. The van der Waals surface area contributed by atoms with Gasteiger partial charge < -0.3 is 0 Å². The van der Waals surface area contributed by atoms with Gasteiger partial charge in [0.15, 0.2) is 0 Å².